The van der Waals surface area contributed by atoms with E-state index in [9.17, 15) is 36.2 Å². The summed E-state index contributed by atoms with van der Waals surface area (Å²) < 4.78 is 69.0. The molecule has 2 rings (SSSR count). The molecule has 1 aromatic rings. The first kappa shape index (κ1) is 23.0. The third kappa shape index (κ3) is 7.24. The molecule has 160 valence electrons. The maximum atomic E-state index is 12.2. The Kier molecular flexibility index (Phi) is 7.17. The molecular formula is C16H19BF3NO7S. The first-order valence-electron chi connectivity index (χ1n) is 8.53. The van der Waals surface area contributed by atoms with Crippen LogP contribution < -0.4 is 9.97 Å². The summed E-state index contributed by atoms with van der Waals surface area (Å²) in [5.74, 6) is -3.10. The lowest BCUT2D eigenvalue weighted by atomic mass is 9.72. The Morgan fingerprint density at radius 3 is 2.69 bits per heavy atom. The predicted molar refractivity (Wildman–Crippen MR) is 96.0 cm³/mol. The lowest BCUT2D eigenvalue weighted by Crippen LogP contribution is -2.53. The lowest BCUT2D eigenvalue weighted by Gasteiger charge is -2.29. The van der Waals surface area contributed by atoms with Crippen LogP contribution in [0.3, 0.4) is 0 Å². The van der Waals surface area contributed by atoms with Gasteiger partial charge >= 0.3 is 19.3 Å². The standard InChI is InChI=1S/C16H19BF3NO7S/c1-29(25,26)8-7-27-15(23)11-4-2-3-10-9-12(17(24)28-14(10)11)21-13(22)5-6-16(18,19)20/h2-4,12,24H,5-9H2,1H3,(H,21,22)/t12-/m0/s1. The molecule has 1 atom stereocenters. The van der Waals surface area contributed by atoms with Crippen LogP contribution in [-0.4, -0.2) is 63.2 Å². The van der Waals surface area contributed by atoms with Crippen LogP contribution in [0, 0.1) is 0 Å². The minimum atomic E-state index is -4.47. The molecule has 0 radical (unpaired) electrons. The van der Waals surface area contributed by atoms with Gasteiger partial charge in [0.25, 0.3) is 0 Å². The Balaban J connectivity index is 2.04. The van der Waals surface area contributed by atoms with Gasteiger partial charge in [0, 0.05) is 12.7 Å². The minimum Gasteiger partial charge on any atom is -0.534 e. The number of carbonyl (C=O) groups excluding carboxylic acids is 2. The van der Waals surface area contributed by atoms with E-state index in [1.54, 1.807) is 6.07 Å². The zero-order valence-electron chi connectivity index (χ0n) is 15.4. The van der Waals surface area contributed by atoms with E-state index in [-0.39, 0.29) is 30.1 Å². The Bertz CT molecular complexity index is 876. The third-order valence-electron chi connectivity index (χ3n) is 4.01. The topological polar surface area (TPSA) is 119 Å². The van der Waals surface area contributed by atoms with E-state index in [4.69, 9.17) is 9.39 Å². The highest BCUT2D eigenvalue weighted by Gasteiger charge is 2.38. The van der Waals surface area contributed by atoms with Crippen LogP contribution in [0.25, 0.3) is 0 Å². The number of para-hydroxylation sites is 1. The van der Waals surface area contributed by atoms with Crippen molar-refractivity contribution in [2.45, 2.75) is 31.4 Å². The van der Waals surface area contributed by atoms with Gasteiger partial charge in [-0.2, -0.15) is 13.2 Å². The second-order valence-electron chi connectivity index (χ2n) is 6.56. The number of sulfone groups is 1. The molecule has 2 N–H and O–H groups in total. The lowest BCUT2D eigenvalue weighted by molar-refractivity contribution is -0.144. The van der Waals surface area contributed by atoms with Crippen LogP contribution >= 0.6 is 0 Å². The monoisotopic (exact) mass is 437 g/mol. The van der Waals surface area contributed by atoms with Gasteiger partial charge in [0.2, 0.25) is 5.91 Å². The summed E-state index contributed by atoms with van der Waals surface area (Å²) in [6.07, 6.45) is -5.54. The molecule has 1 aliphatic heterocycles. The summed E-state index contributed by atoms with van der Waals surface area (Å²) in [4.78, 5) is 23.9. The number of alkyl halides is 3. The van der Waals surface area contributed by atoms with Gasteiger partial charge in [-0.05, 0) is 18.1 Å². The number of rotatable bonds is 7. The number of halogens is 3. The van der Waals surface area contributed by atoms with Gasteiger partial charge < -0.3 is 19.7 Å². The molecule has 1 aliphatic rings. The van der Waals surface area contributed by atoms with E-state index in [2.05, 4.69) is 5.32 Å². The highest BCUT2D eigenvalue weighted by molar-refractivity contribution is 7.90. The van der Waals surface area contributed by atoms with Crippen molar-refractivity contribution in [3.8, 4) is 5.75 Å². The van der Waals surface area contributed by atoms with E-state index >= 15 is 0 Å². The Labute approximate surface area is 165 Å². The molecule has 0 spiro atoms. The fraction of sp³-hybridized carbons (Fsp3) is 0.500. The molecule has 0 unspecified atom stereocenters. The molecular weight excluding hydrogens is 418 g/mol. The maximum Gasteiger partial charge on any atom is 0.547 e. The van der Waals surface area contributed by atoms with Crippen molar-refractivity contribution in [1.82, 2.24) is 5.32 Å². The Hall–Kier alpha value is -2.28. The molecule has 0 saturated carbocycles. The molecule has 29 heavy (non-hydrogen) atoms. The third-order valence-corrected chi connectivity index (χ3v) is 4.92. The van der Waals surface area contributed by atoms with Crippen LogP contribution in [-0.2, 0) is 25.8 Å². The summed E-state index contributed by atoms with van der Waals surface area (Å²) >= 11 is 0. The number of ether oxygens (including phenoxy) is 1. The number of hydrogen-bond donors (Lipinski definition) is 2. The molecule has 0 bridgehead atoms. The summed E-state index contributed by atoms with van der Waals surface area (Å²) in [5.41, 5.74) is 0.380. The zero-order valence-corrected chi connectivity index (χ0v) is 16.2. The van der Waals surface area contributed by atoms with E-state index in [0.717, 1.165) is 6.26 Å². The van der Waals surface area contributed by atoms with Crippen molar-refractivity contribution < 1.29 is 45.6 Å². The van der Waals surface area contributed by atoms with Crippen molar-refractivity contribution in [2.75, 3.05) is 18.6 Å². The number of carbonyl (C=O) groups is 2. The quantitative estimate of drug-likeness (QED) is 0.476. The van der Waals surface area contributed by atoms with E-state index in [0.29, 0.717) is 5.56 Å². The SMILES string of the molecule is CS(=O)(=O)CCOC(=O)c1cccc2c1OB(O)[C@@H](NC(=O)CCC(F)(F)F)C2. The molecule has 13 heteroatoms. The van der Waals surface area contributed by atoms with Crippen LogP contribution in [0.15, 0.2) is 18.2 Å². The molecule has 0 aromatic heterocycles. The first-order chi connectivity index (χ1) is 13.4. The van der Waals surface area contributed by atoms with Crippen LogP contribution in [0.4, 0.5) is 13.2 Å². The van der Waals surface area contributed by atoms with Gasteiger partial charge in [0.15, 0.2) is 9.84 Å². The van der Waals surface area contributed by atoms with Gasteiger partial charge in [0.1, 0.15) is 17.9 Å². The fourth-order valence-electron chi connectivity index (χ4n) is 2.61. The maximum absolute atomic E-state index is 12.2. The van der Waals surface area contributed by atoms with Gasteiger partial charge in [0.05, 0.1) is 18.1 Å². The van der Waals surface area contributed by atoms with Crippen molar-refractivity contribution in [1.29, 1.82) is 0 Å². The largest absolute Gasteiger partial charge is 0.547 e. The van der Waals surface area contributed by atoms with Gasteiger partial charge in [-0.15, -0.1) is 0 Å². The number of nitrogens with one attached hydrogen (secondary N) is 1. The number of benzene rings is 1. The van der Waals surface area contributed by atoms with Crippen LogP contribution in [0.1, 0.15) is 28.8 Å². The van der Waals surface area contributed by atoms with Gasteiger partial charge in [-0.25, -0.2) is 13.2 Å². The molecule has 1 amide bonds. The van der Waals surface area contributed by atoms with Gasteiger partial charge in [-0.1, -0.05) is 12.1 Å². The zero-order chi connectivity index (χ0) is 21.8. The van der Waals surface area contributed by atoms with Gasteiger partial charge in [-0.3, -0.25) is 4.79 Å². The van der Waals surface area contributed by atoms with Crippen molar-refractivity contribution in [3.63, 3.8) is 0 Å². The summed E-state index contributed by atoms with van der Waals surface area (Å²) in [5, 5.41) is 12.4. The van der Waals surface area contributed by atoms with E-state index < -0.39 is 53.8 Å². The fourth-order valence-corrected chi connectivity index (χ4v) is 2.99. The van der Waals surface area contributed by atoms with Crippen molar-refractivity contribution >= 4 is 28.8 Å². The number of esters is 1. The van der Waals surface area contributed by atoms with Crippen LogP contribution in [0.2, 0.25) is 0 Å². The highest BCUT2D eigenvalue weighted by atomic mass is 32.2. The van der Waals surface area contributed by atoms with E-state index in [1.165, 1.54) is 12.1 Å². The number of amides is 1. The summed E-state index contributed by atoms with van der Waals surface area (Å²) in [6.45, 7) is -0.359. The smallest absolute Gasteiger partial charge is 0.534 e. The first-order valence-corrected chi connectivity index (χ1v) is 10.6. The summed E-state index contributed by atoms with van der Waals surface area (Å²) in [7, 11) is -4.92. The highest BCUT2D eigenvalue weighted by Crippen LogP contribution is 2.31. The molecule has 1 heterocycles. The minimum absolute atomic E-state index is 0.00476. The molecule has 0 saturated heterocycles. The Morgan fingerprint density at radius 2 is 2.07 bits per heavy atom. The molecule has 0 fully saturated rings. The normalized spacial score (nSPS) is 16.6. The van der Waals surface area contributed by atoms with Crippen molar-refractivity contribution in [2.24, 2.45) is 0 Å². The van der Waals surface area contributed by atoms with E-state index in [1.807, 2.05) is 0 Å². The predicted octanol–water partition coefficient (Wildman–Crippen LogP) is 0.670. The molecule has 0 aliphatic carbocycles. The van der Waals surface area contributed by atoms with Crippen LogP contribution in [0.5, 0.6) is 5.75 Å². The summed E-state index contributed by atoms with van der Waals surface area (Å²) in [6, 6.07) is 4.41. The average molecular weight is 437 g/mol. The molecule has 1 aromatic carbocycles. The number of hydrogen-bond acceptors (Lipinski definition) is 7. The van der Waals surface area contributed by atoms with Crippen molar-refractivity contribution in [3.05, 3.63) is 29.3 Å². The Morgan fingerprint density at radius 1 is 1.38 bits per heavy atom. The number of fused-ring (bicyclic) bond motifs is 1. The average Bonchev–Trinajstić information content (AvgIpc) is 2.58. The second-order valence-corrected chi connectivity index (χ2v) is 8.82. The molecule has 8 nitrogen and oxygen atoms in total. The second kappa shape index (κ2) is 9.03.